The summed E-state index contributed by atoms with van der Waals surface area (Å²) in [5.41, 5.74) is 14.7. The first-order valence-corrected chi connectivity index (χ1v) is 26.2. The van der Waals surface area contributed by atoms with E-state index < -0.39 is 8.07 Å². The van der Waals surface area contributed by atoms with Crippen molar-refractivity contribution in [1.82, 2.24) is 0 Å². The third kappa shape index (κ3) is 6.49. The zero-order valence-corrected chi connectivity index (χ0v) is 38.3. The van der Waals surface area contributed by atoms with E-state index in [1.807, 2.05) is 0 Å². The van der Waals surface area contributed by atoms with Gasteiger partial charge in [0.25, 0.3) is 0 Å². The Morgan fingerprint density at radius 3 is 1.65 bits per heavy atom. The molecule has 0 N–H and O–H groups in total. The van der Waals surface area contributed by atoms with Crippen molar-refractivity contribution in [3.05, 3.63) is 205 Å². The second-order valence-electron chi connectivity index (χ2n) is 18.3. The molecule has 314 valence electrons. The highest BCUT2D eigenvalue weighted by Crippen LogP contribution is 2.47. The molecule has 12 rings (SSSR count). The van der Waals surface area contributed by atoms with Gasteiger partial charge in [-0.2, -0.15) is 0 Å². The van der Waals surface area contributed by atoms with Gasteiger partial charge in [0.1, 0.15) is 19.2 Å². The molecule has 1 fully saturated rings. The third-order valence-corrected chi connectivity index (χ3v) is 20.2. The quantitative estimate of drug-likeness (QED) is 0.110. The summed E-state index contributed by atoms with van der Waals surface area (Å²) in [6.45, 7) is 4.59. The summed E-state index contributed by atoms with van der Waals surface area (Å²) >= 11 is 0. The molecule has 0 bridgehead atoms. The summed E-state index contributed by atoms with van der Waals surface area (Å²) in [6, 6.07) is 76.0. The van der Waals surface area contributed by atoms with Crippen molar-refractivity contribution < 1.29 is 4.42 Å². The lowest BCUT2D eigenvalue weighted by atomic mass is 9.83. The van der Waals surface area contributed by atoms with Crippen molar-refractivity contribution in [1.29, 1.82) is 0 Å². The van der Waals surface area contributed by atoms with Crippen molar-refractivity contribution in [3.8, 4) is 44.5 Å². The Kier molecular flexibility index (Phi) is 9.87. The summed E-state index contributed by atoms with van der Waals surface area (Å²) in [4.78, 5) is 0. The largest absolute Gasteiger partial charge is 0.455 e. The van der Waals surface area contributed by atoms with Gasteiger partial charge in [-0.1, -0.05) is 219 Å². The van der Waals surface area contributed by atoms with E-state index in [1.54, 1.807) is 10.4 Å². The van der Waals surface area contributed by atoms with Crippen molar-refractivity contribution >= 4 is 72.7 Å². The normalized spacial score (nSPS) is 13.9. The molecule has 11 aromatic rings. The maximum atomic E-state index is 6.82. The Labute approximate surface area is 383 Å². The van der Waals surface area contributed by atoms with Crippen LogP contribution in [0.15, 0.2) is 199 Å². The smallest absolute Gasteiger partial charge is 0.143 e. The number of furan rings is 1. The molecule has 2 heteroatoms. The Hall–Kier alpha value is -7.00. The summed E-state index contributed by atoms with van der Waals surface area (Å²) < 4.78 is 6.82. The highest BCUT2D eigenvalue weighted by molar-refractivity contribution is 7.02. The van der Waals surface area contributed by atoms with E-state index in [0.717, 1.165) is 40.3 Å². The van der Waals surface area contributed by atoms with Gasteiger partial charge in [0.2, 0.25) is 0 Å². The molecule has 1 aliphatic rings. The van der Waals surface area contributed by atoms with Crippen LogP contribution in [0.4, 0.5) is 0 Å². The first kappa shape index (κ1) is 39.6. The minimum Gasteiger partial charge on any atom is -0.455 e. The molecule has 0 radical (unpaired) electrons. The van der Waals surface area contributed by atoms with Crippen LogP contribution in [0.1, 0.15) is 44.2 Å². The van der Waals surface area contributed by atoms with E-state index in [-0.39, 0.29) is 0 Å². The predicted octanol–water partition coefficient (Wildman–Crippen LogP) is 16.6. The molecule has 65 heavy (non-hydrogen) atoms. The third-order valence-electron chi connectivity index (χ3n) is 14.9. The average Bonchev–Trinajstić information content (AvgIpc) is 3.76. The fraction of sp³-hybridized carbons (Fsp3) is 0.143. The highest BCUT2D eigenvalue weighted by Gasteiger charge is 2.38. The van der Waals surface area contributed by atoms with Gasteiger partial charge in [0, 0.05) is 16.3 Å². The van der Waals surface area contributed by atoms with Gasteiger partial charge >= 0.3 is 0 Å². The molecule has 10 aromatic carbocycles. The molecule has 1 saturated heterocycles. The van der Waals surface area contributed by atoms with Crippen molar-refractivity contribution in [3.63, 3.8) is 0 Å². The number of rotatable bonds is 8. The molecule has 0 unspecified atom stereocenters. The number of benzene rings is 10. The molecule has 1 aromatic heterocycles. The predicted molar refractivity (Wildman–Crippen MR) is 282 cm³/mol. The van der Waals surface area contributed by atoms with Crippen LogP contribution in [0.25, 0.3) is 98.8 Å². The van der Waals surface area contributed by atoms with E-state index in [9.17, 15) is 0 Å². The molecular formula is C63H52OSi. The minimum atomic E-state index is -1.86. The van der Waals surface area contributed by atoms with Gasteiger partial charge in [-0.15, -0.1) is 0 Å². The van der Waals surface area contributed by atoms with Crippen LogP contribution in [0, 0.1) is 0 Å². The second-order valence-corrected chi connectivity index (χ2v) is 22.6. The van der Waals surface area contributed by atoms with Gasteiger partial charge in [0.05, 0.1) is 0 Å². The topological polar surface area (TPSA) is 13.1 Å². The zero-order chi connectivity index (χ0) is 43.5. The number of hydrogen-bond acceptors (Lipinski definition) is 1. The molecule has 0 saturated carbocycles. The van der Waals surface area contributed by atoms with E-state index in [2.05, 4.69) is 208 Å². The lowest BCUT2D eigenvalue weighted by Gasteiger charge is -2.36. The molecular weight excluding hydrogens is 801 g/mol. The van der Waals surface area contributed by atoms with Gasteiger partial charge in [0.15, 0.2) is 0 Å². The Bertz CT molecular complexity index is 3530. The van der Waals surface area contributed by atoms with Crippen molar-refractivity contribution in [2.45, 2.75) is 58.0 Å². The van der Waals surface area contributed by atoms with E-state index in [4.69, 9.17) is 4.42 Å². The fourth-order valence-corrected chi connectivity index (χ4v) is 16.9. The van der Waals surface area contributed by atoms with Gasteiger partial charge in [-0.05, 0) is 126 Å². The number of fused-ring (bicyclic) bond motifs is 6. The summed E-state index contributed by atoms with van der Waals surface area (Å²) in [7, 11) is -1.86. The van der Waals surface area contributed by atoms with Gasteiger partial charge < -0.3 is 4.42 Å². The van der Waals surface area contributed by atoms with Crippen LogP contribution >= 0.6 is 0 Å². The molecule has 0 spiro atoms. The molecule has 0 atom stereocenters. The van der Waals surface area contributed by atoms with Crippen molar-refractivity contribution in [2.75, 3.05) is 0 Å². The van der Waals surface area contributed by atoms with E-state index >= 15 is 0 Å². The monoisotopic (exact) mass is 852 g/mol. The Balaban J connectivity index is 1.05. The van der Waals surface area contributed by atoms with Crippen LogP contribution in [0.2, 0.25) is 12.1 Å². The van der Waals surface area contributed by atoms with E-state index in [1.165, 1.54) is 114 Å². The summed E-state index contributed by atoms with van der Waals surface area (Å²) in [5, 5.41) is 13.1. The SMILES string of the molecule is CCc1cc(-c2c3ccccc3c(-c3cc(-c4ccc([Si]5(c6ccccc6)CCCCC5)cc4)c4oc5ccccc5c4c3)c3ccccc23)ccc1-c1ccc2ccccc2c1CC. The van der Waals surface area contributed by atoms with Crippen LogP contribution in [0.5, 0.6) is 0 Å². The number of hydrogen-bond donors (Lipinski definition) is 0. The fourth-order valence-electron chi connectivity index (χ4n) is 11.8. The average molecular weight is 853 g/mol. The van der Waals surface area contributed by atoms with Crippen LogP contribution in [-0.4, -0.2) is 8.07 Å². The van der Waals surface area contributed by atoms with Crippen LogP contribution < -0.4 is 10.4 Å². The van der Waals surface area contributed by atoms with Gasteiger partial charge in [-0.25, -0.2) is 0 Å². The number of aryl methyl sites for hydroxylation is 2. The summed E-state index contributed by atoms with van der Waals surface area (Å²) in [6.07, 6.45) is 5.93. The molecule has 0 aliphatic carbocycles. The van der Waals surface area contributed by atoms with Crippen LogP contribution in [0.3, 0.4) is 0 Å². The molecule has 0 amide bonds. The van der Waals surface area contributed by atoms with E-state index in [0.29, 0.717) is 0 Å². The maximum Gasteiger partial charge on any atom is 0.143 e. The zero-order valence-electron chi connectivity index (χ0n) is 37.3. The van der Waals surface area contributed by atoms with Gasteiger partial charge in [-0.3, -0.25) is 0 Å². The maximum absolute atomic E-state index is 6.82. The first-order valence-electron chi connectivity index (χ1n) is 23.8. The highest BCUT2D eigenvalue weighted by atomic mass is 28.3. The first-order chi connectivity index (χ1) is 32.1. The number of para-hydroxylation sites is 1. The Morgan fingerprint density at radius 2 is 0.969 bits per heavy atom. The second kappa shape index (κ2) is 16.2. The van der Waals surface area contributed by atoms with Crippen molar-refractivity contribution in [2.24, 2.45) is 0 Å². The van der Waals surface area contributed by atoms with Crippen LogP contribution in [-0.2, 0) is 12.8 Å². The Morgan fingerprint density at radius 1 is 0.400 bits per heavy atom. The molecule has 2 heterocycles. The standard InChI is InChI=1S/C63H52OSi/c1-3-42-39-45(32-35-51(42)52-36-31-43-19-9-10-22-50(43)49(52)4-2)61-54-24-11-13-26-56(54)62(57-27-14-12-25-55(57)61)46-40-58(63-59(41-46)53-23-15-16-28-60(53)64-63)44-29-33-48(34-30-44)65(37-17-6-18-38-65)47-20-7-5-8-21-47/h5,7-16,19-36,39-41H,3-4,6,17-18,37-38H2,1-2H3. The summed E-state index contributed by atoms with van der Waals surface area (Å²) in [5.74, 6) is 0. The molecule has 1 aliphatic heterocycles. The minimum absolute atomic E-state index is 0.921. The lowest BCUT2D eigenvalue weighted by molar-refractivity contribution is 0.670. The lowest BCUT2D eigenvalue weighted by Crippen LogP contribution is -2.58. The molecule has 1 nitrogen and oxygen atoms in total.